The van der Waals surface area contributed by atoms with E-state index in [2.05, 4.69) is 53.7 Å². The van der Waals surface area contributed by atoms with E-state index in [1.165, 1.54) is 0 Å². The minimum Gasteiger partial charge on any atom is -0.507 e. The summed E-state index contributed by atoms with van der Waals surface area (Å²) in [4.78, 5) is 4.85. The molecule has 0 aliphatic heterocycles. The van der Waals surface area contributed by atoms with Gasteiger partial charge in [-0.2, -0.15) is 5.10 Å². The molecular formula is C32H33N3O2. The summed E-state index contributed by atoms with van der Waals surface area (Å²) in [6.45, 7) is 12.9. The fourth-order valence-corrected chi connectivity index (χ4v) is 4.64. The fourth-order valence-electron chi connectivity index (χ4n) is 4.64. The van der Waals surface area contributed by atoms with Crippen LogP contribution < -0.4 is 0 Å². The number of hydrogen-bond donors (Lipinski definition) is 2. The molecule has 5 aromatic rings. The quantitative estimate of drug-likeness (QED) is 0.270. The zero-order valence-corrected chi connectivity index (χ0v) is 22.2. The van der Waals surface area contributed by atoms with Crippen LogP contribution in [0.3, 0.4) is 0 Å². The molecule has 0 spiro atoms. The predicted octanol–water partition coefficient (Wildman–Crippen LogP) is 7.76. The molecule has 5 heteroatoms. The lowest BCUT2D eigenvalue weighted by molar-refractivity contribution is 0.446. The van der Waals surface area contributed by atoms with Crippen molar-refractivity contribution in [1.82, 2.24) is 14.8 Å². The lowest BCUT2D eigenvalue weighted by atomic mass is 9.78. The summed E-state index contributed by atoms with van der Waals surface area (Å²) in [6.07, 6.45) is 0. The molecule has 0 saturated heterocycles. The highest BCUT2D eigenvalue weighted by molar-refractivity contribution is 5.96. The number of pyridine rings is 1. The largest absolute Gasteiger partial charge is 0.507 e. The van der Waals surface area contributed by atoms with Gasteiger partial charge in [0.15, 0.2) is 5.82 Å². The summed E-state index contributed by atoms with van der Waals surface area (Å²) >= 11 is 0. The van der Waals surface area contributed by atoms with Crippen LogP contribution in [0.25, 0.3) is 39.2 Å². The minimum absolute atomic E-state index is 0.103. The van der Waals surface area contributed by atoms with E-state index in [4.69, 9.17) is 10.1 Å². The van der Waals surface area contributed by atoms with E-state index in [9.17, 15) is 10.2 Å². The average molecular weight is 492 g/mol. The Kier molecular flexibility index (Phi) is 5.82. The third kappa shape index (κ3) is 4.46. The summed E-state index contributed by atoms with van der Waals surface area (Å²) in [5.74, 6) is 1.06. The zero-order chi connectivity index (χ0) is 26.5. The molecule has 2 aromatic heterocycles. The number of benzene rings is 3. The molecule has 0 radical (unpaired) electrons. The van der Waals surface area contributed by atoms with Crippen molar-refractivity contribution in [3.8, 4) is 39.8 Å². The van der Waals surface area contributed by atoms with Crippen molar-refractivity contribution >= 4 is 10.9 Å². The standard InChI is InChI=1S/C32H33N3O2/c1-31(2,3)20-18-23(30(37)24(19-20)32(4,5)6)29-22-13-7-9-15-26(22)35(34-29)28-17-11-14-25(33-28)21-12-8-10-16-27(21)36/h7-19,36-37H,1-6H3. The van der Waals surface area contributed by atoms with Gasteiger partial charge in [-0.15, -0.1) is 0 Å². The third-order valence-corrected chi connectivity index (χ3v) is 6.76. The van der Waals surface area contributed by atoms with Crippen molar-refractivity contribution in [2.24, 2.45) is 0 Å². The molecular weight excluding hydrogens is 458 g/mol. The van der Waals surface area contributed by atoms with Gasteiger partial charge in [-0.1, -0.05) is 84.0 Å². The number of rotatable bonds is 3. The number of nitrogens with zero attached hydrogens (tertiary/aromatic N) is 3. The highest BCUT2D eigenvalue weighted by Gasteiger charge is 2.27. The Balaban J connectivity index is 1.76. The van der Waals surface area contributed by atoms with Crippen LogP contribution in [0.2, 0.25) is 0 Å². The third-order valence-electron chi connectivity index (χ3n) is 6.76. The van der Waals surface area contributed by atoms with Crippen molar-refractivity contribution in [1.29, 1.82) is 0 Å². The molecule has 2 N–H and O–H groups in total. The molecule has 5 rings (SSSR count). The smallest absolute Gasteiger partial charge is 0.154 e. The second-order valence-electron chi connectivity index (χ2n) is 11.6. The second kappa shape index (κ2) is 8.77. The summed E-state index contributed by atoms with van der Waals surface area (Å²) < 4.78 is 1.81. The van der Waals surface area contributed by atoms with Crippen LogP contribution in [0.1, 0.15) is 52.7 Å². The summed E-state index contributed by atoms with van der Waals surface area (Å²) in [6, 6.07) is 25.0. The Morgan fingerprint density at radius 2 is 1.41 bits per heavy atom. The van der Waals surface area contributed by atoms with E-state index in [1.54, 1.807) is 12.1 Å². The molecule has 188 valence electrons. The van der Waals surface area contributed by atoms with E-state index >= 15 is 0 Å². The van der Waals surface area contributed by atoms with E-state index in [0.29, 0.717) is 28.3 Å². The molecule has 2 heterocycles. The average Bonchev–Trinajstić information content (AvgIpc) is 3.23. The Morgan fingerprint density at radius 3 is 2.11 bits per heavy atom. The summed E-state index contributed by atoms with van der Waals surface area (Å²) in [5.41, 5.74) is 5.31. The van der Waals surface area contributed by atoms with Crippen molar-refractivity contribution < 1.29 is 10.2 Å². The zero-order valence-electron chi connectivity index (χ0n) is 22.2. The first-order chi connectivity index (χ1) is 17.4. The van der Waals surface area contributed by atoms with Crippen molar-refractivity contribution in [2.75, 3.05) is 0 Å². The molecule has 0 unspecified atom stereocenters. The first-order valence-corrected chi connectivity index (χ1v) is 12.6. The van der Waals surface area contributed by atoms with E-state index < -0.39 is 0 Å². The van der Waals surface area contributed by atoms with Crippen molar-refractivity contribution in [2.45, 2.75) is 52.4 Å². The van der Waals surface area contributed by atoms with Gasteiger partial charge in [0, 0.05) is 22.1 Å². The van der Waals surface area contributed by atoms with Gasteiger partial charge in [0.25, 0.3) is 0 Å². The minimum atomic E-state index is -0.244. The molecule has 0 aliphatic carbocycles. The molecule has 0 saturated carbocycles. The summed E-state index contributed by atoms with van der Waals surface area (Å²) in [7, 11) is 0. The van der Waals surface area contributed by atoms with Gasteiger partial charge in [-0.25, -0.2) is 9.67 Å². The molecule has 0 fully saturated rings. The molecule has 0 bridgehead atoms. The Labute approximate surface area is 218 Å². The lowest BCUT2D eigenvalue weighted by Gasteiger charge is -2.27. The number of aromatic hydroxyl groups is 2. The normalized spacial score (nSPS) is 12.3. The maximum absolute atomic E-state index is 11.5. The van der Waals surface area contributed by atoms with E-state index in [1.807, 2.05) is 59.3 Å². The molecule has 0 aliphatic rings. The topological polar surface area (TPSA) is 71.2 Å². The van der Waals surface area contributed by atoms with Crippen molar-refractivity contribution in [3.05, 3.63) is 90.0 Å². The molecule has 3 aromatic carbocycles. The van der Waals surface area contributed by atoms with Gasteiger partial charge in [0.2, 0.25) is 0 Å². The Hall–Kier alpha value is -4.12. The number of phenols is 2. The van der Waals surface area contributed by atoms with Crippen LogP contribution in [0, 0.1) is 0 Å². The van der Waals surface area contributed by atoms with Gasteiger partial charge in [-0.3, -0.25) is 0 Å². The van der Waals surface area contributed by atoms with Crippen LogP contribution in [-0.2, 0) is 10.8 Å². The molecule has 0 atom stereocenters. The number of hydrogen-bond acceptors (Lipinski definition) is 4. The second-order valence-corrected chi connectivity index (χ2v) is 11.6. The van der Waals surface area contributed by atoms with Crippen molar-refractivity contribution in [3.63, 3.8) is 0 Å². The maximum atomic E-state index is 11.5. The van der Waals surface area contributed by atoms with Crippen LogP contribution in [0.4, 0.5) is 0 Å². The van der Waals surface area contributed by atoms with Gasteiger partial charge in [-0.05, 0) is 52.8 Å². The highest BCUT2D eigenvalue weighted by atomic mass is 16.3. The Bertz CT molecular complexity index is 1620. The van der Waals surface area contributed by atoms with Gasteiger partial charge < -0.3 is 10.2 Å². The Morgan fingerprint density at radius 1 is 0.703 bits per heavy atom. The van der Waals surface area contributed by atoms with Gasteiger partial charge >= 0.3 is 0 Å². The molecule has 0 amide bonds. The van der Waals surface area contributed by atoms with E-state index in [-0.39, 0.29) is 22.3 Å². The highest BCUT2D eigenvalue weighted by Crippen LogP contribution is 2.43. The van der Waals surface area contributed by atoms with Crippen LogP contribution in [-0.4, -0.2) is 25.0 Å². The molecule has 5 nitrogen and oxygen atoms in total. The maximum Gasteiger partial charge on any atom is 0.154 e. The number of phenolic OH excluding ortho intramolecular Hbond substituents is 2. The van der Waals surface area contributed by atoms with Gasteiger partial charge in [0.05, 0.1) is 11.2 Å². The monoisotopic (exact) mass is 491 g/mol. The number of aromatic nitrogens is 3. The lowest BCUT2D eigenvalue weighted by Crippen LogP contribution is -2.17. The van der Waals surface area contributed by atoms with Gasteiger partial charge in [0.1, 0.15) is 17.2 Å². The first kappa shape index (κ1) is 24.6. The SMILES string of the molecule is CC(C)(C)c1cc(-c2nn(-c3cccc(-c4ccccc4O)n3)c3ccccc23)c(O)c(C(C)(C)C)c1. The summed E-state index contributed by atoms with van der Waals surface area (Å²) in [5, 5.41) is 27.9. The van der Waals surface area contributed by atoms with Crippen LogP contribution in [0.5, 0.6) is 11.5 Å². The van der Waals surface area contributed by atoms with E-state index in [0.717, 1.165) is 22.0 Å². The number of fused-ring (bicyclic) bond motifs is 1. The van der Waals surface area contributed by atoms with Crippen LogP contribution >= 0.6 is 0 Å². The predicted molar refractivity (Wildman–Crippen MR) is 150 cm³/mol. The first-order valence-electron chi connectivity index (χ1n) is 12.6. The number of para-hydroxylation sites is 2. The molecule has 37 heavy (non-hydrogen) atoms. The van der Waals surface area contributed by atoms with Crippen LogP contribution in [0.15, 0.2) is 78.9 Å². The fraction of sp³-hybridized carbons (Fsp3) is 0.250.